The zero-order chi connectivity index (χ0) is 18.7. The quantitative estimate of drug-likeness (QED) is 0.837. The third-order valence-electron chi connectivity index (χ3n) is 6.94. The molecule has 3 aliphatic rings. The van der Waals surface area contributed by atoms with E-state index in [1.54, 1.807) is 0 Å². The lowest BCUT2D eigenvalue weighted by atomic mass is 9.92. The van der Waals surface area contributed by atoms with E-state index in [1.165, 1.54) is 31.2 Å². The minimum atomic E-state index is 0.150. The maximum Gasteiger partial charge on any atom is 0.224 e. The number of likely N-dealkylation sites (tertiary alicyclic amines) is 2. The van der Waals surface area contributed by atoms with Crippen LogP contribution in [0.2, 0.25) is 0 Å². The predicted molar refractivity (Wildman–Crippen MR) is 107 cm³/mol. The van der Waals surface area contributed by atoms with Crippen LogP contribution < -0.4 is 5.32 Å². The van der Waals surface area contributed by atoms with Crippen LogP contribution in [0.5, 0.6) is 0 Å². The normalized spacial score (nSPS) is 26.6. The van der Waals surface area contributed by atoms with E-state index in [9.17, 15) is 4.79 Å². The maximum atomic E-state index is 12.7. The highest BCUT2D eigenvalue weighted by atomic mass is 16.2. The van der Waals surface area contributed by atoms with Gasteiger partial charge in [0.15, 0.2) is 0 Å². The van der Waals surface area contributed by atoms with Crippen molar-refractivity contribution in [1.29, 1.82) is 0 Å². The number of nitrogens with one attached hydrogen (secondary N) is 1. The summed E-state index contributed by atoms with van der Waals surface area (Å²) in [5.74, 6) is 0.504. The Morgan fingerprint density at radius 3 is 2.74 bits per heavy atom. The lowest BCUT2D eigenvalue weighted by Crippen LogP contribution is -2.51. The summed E-state index contributed by atoms with van der Waals surface area (Å²) in [5.41, 5.74) is 1.45. The van der Waals surface area contributed by atoms with E-state index in [0.29, 0.717) is 11.9 Å². The molecule has 1 atom stereocenters. The van der Waals surface area contributed by atoms with Crippen LogP contribution in [0, 0.1) is 5.92 Å². The summed E-state index contributed by atoms with van der Waals surface area (Å²) in [7, 11) is 0. The minimum absolute atomic E-state index is 0.150. The number of nitrogens with zero attached hydrogens (tertiary/aromatic N) is 3. The number of carbonyl (C=O) groups is 1. The Balaban J connectivity index is 1.25. The SMILES string of the molecule is CCC1(NC(=O)[C@H]2CCCN(C3CCN(Cc4cccnc4)CC3)C2)CC1. The monoisotopic (exact) mass is 370 g/mol. The van der Waals surface area contributed by atoms with Gasteiger partial charge < -0.3 is 5.32 Å². The van der Waals surface area contributed by atoms with Gasteiger partial charge in [-0.2, -0.15) is 0 Å². The lowest BCUT2D eigenvalue weighted by molar-refractivity contribution is -0.128. The number of piperidine rings is 2. The summed E-state index contributed by atoms with van der Waals surface area (Å²) < 4.78 is 0. The molecule has 0 unspecified atom stereocenters. The minimum Gasteiger partial charge on any atom is -0.350 e. The van der Waals surface area contributed by atoms with Crippen molar-refractivity contribution in [3.8, 4) is 0 Å². The predicted octanol–water partition coefficient (Wildman–Crippen LogP) is 2.82. The highest BCUT2D eigenvalue weighted by Crippen LogP contribution is 2.39. The second-order valence-electron chi connectivity index (χ2n) is 8.83. The molecule has 0 radical (unpaired) electrons. The number of carbonyl (C=O) groups excluding carboxylic acids is 1. The Kier molecular flexibility index (Phi) is 5.79. The van der Waals surface area contributed by atoms with Crippen molar-refractivity contribution in [2.24, 2.45) is 5.92 Å². The molecule has 0 bridgehead atoms. The van der Waals surface area contributed by atoms with Gasteiger partial charge in [0.05, 0.1) is 5.92 Å². The van der Waals surface area contributed by atoms with E-state index in [4.69, 9.17) is 0 Å². The molecule has 1 saturated carbocycles. The third kappa shape index (κ3) is 4.69. The average Bonchev–Trinajstić information content (AvgIpc) is 3.49. The Labute approximate surface area is 163 Å². The van der Waals surface area contributed by atoms with Crippen LogP contribution in [-0.2, 0) is 11.3 Å². The summed E-state index contributed by atoms with van der Waals surface area (Å²) in [6.07, 6.45) is 11.9. The van der Waals surface area contributed by atoms with Gasteiger partial charge in [0.25, 0.3) is 0 Å². The van der Waals surface area contributed by atoms with Crippen molar-refractivity contribution in [1.82, 2.24) is 20.1 Å². The molecule has 1 aliphatic carbocycles. The summed E-state index contributed by atoms with van der Waals surface area (Å²) in [4.78, 5) is 22.1. The molecule has 3 heterocycles. The van der Waals surface area contributed by atoms with Crippen LogP contribution in [0.4, 0.5) is 0 Å². The largest absolute Gasteiger partial charge is 0.350 e. The molecule has 1 aromatic rings. The molecule has 5 heteroatoms. The Morgan fingerprint density at radius 2 is 2.07 bits per heavy atom. The van der Waals surface area contributed by atoms with Gasteiger partial charge in [0.1, 0.15) is 0 Å². The molecule has 2 saturated heterocycles. The third-order valence-corrected chi connectivity index (χ3v) is 6.94. The van der Waals surface area contributed by atoms with Gasteiger partial charge in [-0.15, -0.1) is 0 Å². The fourth-order valence-corrected chi connectivity index (χ4v) is 4.83. The molecule has 1 N–H and O–H groups in total. The molecule has 3 fully saturated rings. The van der Waals surface area contributed by atoms with E-state index in [-0.39, 0.29) is 11.5 Å². The molecule has 1 amide bonds. The Morgan fingerprint density at radius 1 is 1.26 bits per heavy atom. The smallest absolute Gasteiger partial charge is 0.224 e. The highest BCUT2D eigenvalue weighted by molar-refractivity contribution is 5.80. The van der Waals surface area contributed by atoms with Crippen LogP contribution in [-0.4, -0.2) is 58.5 Å². The molecule has 2 aliphatic heterocycles. The first-order chi connectivity index (χ1) is 13.2. The average molecular weight is 371 g/mol. The first-order valence-corrected chi connectivity index (χ1v) is 10.8. The van der Waals surface area contributed by atoms with E-state index in [2.05, 4.69) is 33.1 Å². The molecule has 1 aromatic heterocycles. The second kappa shape index (κ2) is 8.27. The van der Waals surface area contributed by atoms with E-state index < -0.39 is 0 Å². The van der Waals surface area contributed by atoms with Gasteiger partial charge in [-0.05, 0) is 76.2 Å². The summed E-state index contributed by atoms with van der Waals surface area (Å²) >= 11 is 0. The van der Waals surface area contributed by atoms with Crippen molar-refractivity contribution in [2.45, 2.75) is 70.0 Å². The topological polar surface area (TPSA) is 48.5 Å². The summed E-state index contributed by atoms with van der Waals surface area (Å²) in [6, 6.07) is 4.83. The number of pyridine rings is 1. The van der Waals surface area contributed by atoms with Crippen LogP contribution in [0.25, 0.3) is 0 Å². The number of rotatable bonds is 6. The van der Waals surface area contributed by atoms with Crippen LogP contribution >= 0.6 is 0 Å². The molecule has 148 valence electrons. The zero-order valence-electron chi connectivity index (χ0n) is 16.7. The van der Waals surface area contributed by atoms with E-state index in [0.717, 1.165) is 52.0 Å². The molecular formula is C22H34N4O. The first kappa shape index (κ1) is 18.9. The Hall–Kier alpha value is -1.46. The number of hydrogen-bond donors (Lipinski definition) is 1. The lowest BCUT2D eigenvalue weighted by Gasteiger charge is -2.42. The summed E-state index contributed by atoms with van der Waals surface area (Å²) in [6.45, 7) is 7.61. The van der Waals surface area contributed by atoms with Gasteiger partial charge in [-0.3, -0.25) is 19.6 Å². The van der Waals surface area contributed by atoms with Crippen LogP contribution in [0.1, 0.15) is 57.4 Å². The molecule has 4 rings (SSSR count). The molecule has 0 spiro atoms. The Bertz CT molecular complexity index is 622. The maximum absolute atomic E-state index is 12.7. The second-order valence-corrected chi connectivity index (χ2v) is 8.83. The number of aromatic nitrogens is 1. The zero-order valence-corrected chi connectivity index (χ0v) is 16.7. The van der Waals surface area contributed by atoms with Gasteiger partial charge in [0.2, 0.25) is 5.91 Å². The highest BCUT2D eigenvalue weighted by Gasteiger charge is 2.43. The van der Waals surface area contributed by atoms with Crippen molar-refractivity contribution in [3.05, 3.63) is 30.1 Å². The van der Waals surface area contributed by atoms with Gasteiger partial charge in [0, 0.05) is 37.1 Å². The number of amides is 1. The number of hydrogen-bond acceptors (Lipinski definition) is 4. The van der Waals surface area contributed by atoms with Gasteiger partial charge >= 0.3 is 0 Å². The fourth-order valence-electron chi connectivity index (χ4n) is 4.83. The van der Waals surface area contributed by atoms with Crippen molar-refractivity contribution in [3.63, 3.8) is 0 Å². The molecular weight excluding hydrogens is 336 g/mol. The van der Waals surface area contributed by atoms with Crippen LogP contribution in [0.15, 0.2) is 24.5 Å². The van der Waals surface area contributed by atoms with Crippen LogP contribution in [0.3, 0.4) is 0 Å². The molecule has 5 nitrogen and oxygen atoms in total. The molecule has 27 heavy (non-hydrogen) atoms. The molecule has 0 aromatic carbocycles. The van der Waals surface area contributed by atoms with Crippen molar-refractivity contribution >= 4 is 5.91 Å². The summed E-state index contributed by atoms with van der Waals surface area (Å²) in [5, 5.41) is 3.36. The van der Waals surface area contributed by atoms with E-state index in [1.807, 2.05) is 18.5 Å². The van der Waals surface area contributed by atoms with Crippen molar-refractivity contribution < 1.29 is 4.79 Å². The van der Waals surface area contributed by atoms with E-state index >= 15 is 0 Å². The standard InChI is InChI=1S/C22H34N4O/c1-2-22(9-10-22)24-21(27)19-6-4-12-26(17-19)20-7-13-25(14-8-20)16-18-5-3-11-23-15-18/h3,5,11,15,19-20H,2,4,6-10,12-14,16-17H2,1H3,(H,24,27)/t19-/m0/s1. The van der Waals surface area contributed by atoms with Gasteiger partial charge in [-0.1, -0.05) is 13.0 Å². The van der Waals surface area contributed by atoms with Crippen molar-refractivity contribution in [2.75, 3.05) is 26.2 Å². The van der Waals surface area contributed by atoms with Gasteiger partial charge in [-0.25, -0.2) is 0 Å². The fraction of sp³-hybridized carbons (Fsp3) is 0.727. The first-order valence-electron chi connectivity index (χ1n) is 10.8.